The van der Waals surface area contributed by atoms with Crippen LogP contribution in [0.2, 0.25) is 0 Å². The van der Waals surface area contributed by atoms with Crippen LogP contribution in [0.3, 0.4) is 0 Å². The summed E-state index contributed by atoms with van der Waals surface area (Å²) in [7, 11) is -1.80. The molecule has 5 aromatic rings. The van der Waals surface area contributed by atoms with Gasteiger partial charge in [-0.2, -0.15) is 0 Å². The van der Waals surface area contributed by atoms with Gasteiger partial charge in [-0.3, -0.25) is 4.52 Å². The van der Waals surface area contributed by atoms with Crippen LogP contribution in [0.15, 0.2) is 115 Å². The molecule has 0 amide bonds. The molecule has 0 N–H and O–H groups in total. The summed E-state index contributed by atoms with van der Waals surface area (Å²) in [5.74, 6) is 4.79. The normalized spacial score (nSPS) is 20.7. The molecule has 0 radical (unpaired) electrons. The van der Waals surface area contributed by atoms with Gasteiger partial charge in [0, 0.05) is 17.0 Å². The maximum Gasteiger partial charge on any atom is 0.463 e. The Hall–Kier alpha value is -4.31. The number of hydrogen-bond acceptors (Lipinski definition) is 5. The lowest BCUT2D eigenvalue weighted by atomic mass is 9.62. The van der Waals surface area contributed by atoms with E-state index < -0.39 is 14.0 Å². The van der Waals surface area contributed by atoms with Gasteiger partial charge in [0.1, 0.15) is 34.5 Å². The van der Waals surface area contributed by atoms with Gasteiger partial charge in [0.05, 0.1) is 22.6 Å². The van der Waals surface area contributed by atoms with Gasteiger partial charge in [0.15, 0.2) is 0 Å². The van der Waals surface area contributed by atoms with Crippen LogP contribution in [0.25, 0.3) is 0 Å². The lowest BCUT2D eigenvalue weighted by molar-refractivity contribution is 0.116. The highest BCUT2D eigenvalue weighted by molar-refractivity contribution is 7.42. The first-order valence-corrected chi connectivity index (χ1v) is 16.1. The topological polar surface area (TPSA) is 46.2 Å². The minimum atomic E-state index is -1.80. The van der Waals surface area contributed by atoms with Crippen LogP contribution >= 0.6 is 8.60 Å². The molecule has 0 aromatic heterocycles. The Balaban J connectivity index is 1.25. The minimum Gasteiger partial charge on any atom is -0.457 e. The number of ether oxygens (including phenoxy) is 2. The van der Waals surface area contributed by atoms with Gasteiger partial charge in [0.2, 0.25) is 0 Å². The van der Waals surface area contributed by atoms with E-state index in [1.54, 1.807) is 0 Å². The Morgan fingerprint density at radius 2 is 1.05 bits per heavy atom. The minimum absolute atomic E-state index is 0.0144. The van der Waals surface area contributed by atoms with Crippen LogP contribution in [0.5, 0.6) is 34.5 Å². The zero-order chi connectivity index (χ0) is 28.4. The van der Waals surface area contributed by atoms with Gasteiger partial charge >= 0.3 is 8.60 Å². The summed E-state index contributed by atoms with van der Waals surface area (Å²) in [5, 5.41) is 0. The number of rotatable bonds is 3. The van der Waals surface area contributed by atoms with Crippen molar-refractivity contribution in [1.82, 2.24) is 0 Å². The second-order valence-electron chi connectivity index (χ2n) is 11.6. The highest BCUT2D eigenvalue weighted by atomic mass is 31.2. The largest absolute Gasteiger partial charge is 0.463 e. The maximum atomic E-state index is 6.88. The first-order valence-electron chi connectivity index (χ1n) is 15.0. The predicted octanol–water partition coefficient (Wildman–Crippen LogP) is 10.0. The molecule has 3 heterocycles. The highest BCUT2D eigenvalue weighted by Crippen LogP contribution is 2.67. The quantitative estimate of drug-likeness (QED) is 0.193. The molecule has 1 fully saturated rings. The second-order valence-corrected chi connectivity index (χ2v) is 12.6. The third kappa shape index (κ3) is 3.78. The van der Waals surface area contributed by atoms with Gasteiger partial charge in [-0.15, -0.1) is 0 Å². The third-order valence-corrected chi connectivity index (χ3v) is 10.4. The summed E-state index contributed by atoms with van der Waals surface area (Å²) in [4.78, 5) is 0. The summed E-state index contributed by atoms with van der Waals surface area (Å²) >= 11 is 0. The van der Waals surface area contributed by atoms with Gasteiger partial charge in [-0.1, -0.05) is 91.7 Å². The molecule has 5 nitrogen and oxygen atoms in total. The molecule has 5 aromatic carbocycles. The second kappa shape index (κ2) is 9.87. The zero-order valence-electron chi connectivity index (χ0n) is 23.4. The van der Waals surface area contributed by atoms with Crippen molar-refractivity contribution in [2.45, 2.75) is 43.1 Å². The first kappa shape index (κ1) is 25.2. The van der Waals surface area contributed by atoms with Gasteiger partial charge < -0.3 is 18.5 Å². The average Bonchev–Trinajstić information content (AvgIpc) is 3.05. The molecule has 6 heteroatoms. The smallest absolute Gasteiger partial charge is 0.457 e. The lowest BCUT2D eigenvalue weighted by Gasteiger charge is -2.46. The molecule has 43 heavy (non-hydrogen) atoms. The van der Waals surface area contributed by atoms with E-state index in [1.807, 2.05) is 60.7 Å². The van der Waals surface area contributed by atoms with Crippen LogP contribution < -0.4 is 18.5 Å². The fraction of sp³-hybridized carbons (Fsp3) is 0.189. The predicted molar refractivity (Wildman–Crippen MR) is 166 cm³/mol. The maximum absolute atomic E-state index is 6.88. The van der Waals surface area contributed by atoms with E-state index in [9.17, 15) is 0 Å². The molecule has 4 aliphatic rings. The van der Waals surface area contributed by atoms with Gasteiger partial charge in [-0.25, -0.2) is 0 Å². The molecule has 1 saturated carbocycles. The third-order valence-electron chi connectivity index (χ3n) is 9.25. The molecule has 1 aliphatic carbocycles. The Kier molecular flexibility index (Phi) is 5.79. The molecule has 9 rings (SSSR count). The van der Waals surface area contributed by atoms with Crippen molar-refractivity contribution in [2.75, 3.05) is 0 Å². The zero-order valence-corrected chi connectivity index (χ0v) is 24.3. The molecule has 0 unspecified atom stereocenters. The molecule has 212 valence electrons. The summed E-state index contributed by atoms with van der Waals surface area (Å²) < 4.78 is 33.8. The summed E-state index contributed by atoms with van der Waals surface area (Å²) in [5.41, 5.74) is 4.46. The van der Waals surface area contributed by atoms with Crippen LogP contribution in [0.1, 0.15) is 59.4 Å². The molecule has 0 bridgehead atoms. The van der Waals surface area contributed by atoms with E-state index in [4.69, 9.17) is 23.0 Å². The SMILES string of the molecule is c1ccc([C@H]2CCCC[C@@H]2OP2Oc3cccc4c3C3(c5ccccc5O4)c4ccccc4Oc4cccc(c43)O2)cc1. The van der Waals surface area contributed by atoms with Gasteiger partial charge in [-0.05, 0) is 54.8 Å². The van der Waals surface area contributed by atoms with E-state index >= 15 is 0 Å². The van der Waals surface area contributed by atoms with Crippen molar-refractivity contribution >= 4 is 8.60 Å². The number of fused-ring (bicyclic) bond motifs is 2. The van der Waals surface area contributed by atoms with Crippen molar-refractivity contribution < 1.29 is 23.0 Å². The Labute approximate surface area is 252 Å². The van der Waals surface area contributed by atoms with Crippen molar-refractivity contribution in [3.8, 4) is 34.5 Å². The standard InChI is InChI=1S/C37H29O5P/c1-2-12-24(13-3-1)25-14-4-7-17-28(25)40-43-41-33-22-10-20-31-35(33)37(26-15-5-8-18-29(26)38-31)27-16-6-9-19-30(27)39-32-21-11-23-34(42-43)36(32)37/h1-3,5-6,8-13,15-16,18-23,25,28H,4,7,14,17H2/t25-,28+,37?/m1/s1. The molecule has 3 aliphatic heterocycles. The van der Waals surface area contributed by atoms with Crippen molar-refractivity contribution in [3.63, 3.8) is 0 Å². The van der Waals surface area contributed by atoms with Crippen LogP contribution in [0, 0.1) is 0 Å². The van der Waals surface area contributed by atoms with Crippen LogP contribution in [-0.4, -0.2) is 6.10 Å². The number of para-hydroxylation sites is 2. The van der Waals surface area contributed by atoms with Crippen molar-refractivity contribution in [2.24, 2.45) is 0 Å². The Morgan fingerprint density at radius 1 is 0.535 bits per heavy atom. The molecule has 1 spiro atoms. The van der Waals surface area contributed by atoms with Crippen molar-refractivity contribution in [1.29, 1.82) is 0 Å². The first-order chi connectivity index (χ1) is 21.3. The molecular formula is C37H29O5P. The number of benzene rings is 5. The van der Waals surface area contributed by atoms with E-state index in [2.05, 4.69) is 54.6 Å². The molecular weight excluding hydrogens is 555 g/mol. The molecule has 2 atom stereocenters. The lowest BCUT2D eigenvalue weighted by Crippen LogP contribution is -2.38. The van der Waals surface area contributed by atoms with Crippen LogP contribution in [-0.2, 0) is 9.94 Å². The van der Waals surface area contributed by atoms with Gasteiger partial charge in [0.25, 0.3) is 0 Å². The van der Waals surface area contributed by atoms with Crippen molar-refractivity contribution in [3.05, 3.63) is 143 Å². The van der Waals surface area contributed by atoms with E-state index in [0.717, 1.165) is 64.5 Å². The summed E-state index contributed by atoms with van der Waals surface area (Å²) in [6, 6.07) is 39.2. The fourth-order valence-corrected chi connectivity index (χ4v) is 8.72. The highest BCUT2D eigenvalue weighted by Gasteiger charge is 2.55. The van der Waals surface area contributed by atoms with E-state index in [-0.39, 0.29) is 12.0 Å². The summed E-state index contributed by atoms with van der Waals surface area (Å²) in [6.07, 6.45) is 4.34. The Morgan fingerprint density at radius 3 is 1.67 bits per heavy atom. The number of hydrogen-bond donors (Lipinski definition) is 0. The van der Waals surface area contributed by atoms with Crippen LogP contribution in [0.4, 0.5) is 0 Å². The average molecular weight is 585 g/mol. The Bertz CT molecular complexity index is 1750. The monoisotopic (exact) mass is 584 g/mol. The fourth-order valence-electron chi connectivity index (χ4n) is 7.50. The molecule has 0 saturated heterocycles. The van der Waals surface area contributed by atoms with E-state index in [1.165, 1.54) is 12.0 Å². The van der Waals surface area contributed by atoms with E-state index in [0.29, 0.717) is 11.5 Å². The summed E-state index contributed by atoms with van der Waals surface area (Å²) in [6.45, 7) is 0.